The summed E-state index contributed by atoms with van der Waals surface area (Å²) in [5, 5.41) is 2.93. The standard InChI is InChI=1S/C27H25FN2O6/c28-19-12-22(26(29-14-19)36-21-10-11-23-24(13-21)35-16-34-23)25(31)30-20-8-6-18(7-9-20)27(32)33-15-17-4-2-1-3-5-17/h1-5,10-14,18,20H,6-9,15-16H2,(H,30,31). The third-order valence-corrected chi connectivity index (χ3v) is 6.24. The van der Waals surface area contributed by atoms with Gasteiger partial charge in [-0.15, -0.1) is 0 Å². The van der Waals surface area contributed by atoms with Gasteiger partial charge in [0.25, 0.3) is 5.91 Å². The van der Waals surface area contributed by atoms with Crippen LogP contribution in [-0.4, -0.2) is 29.7 Å². The summed E-state index contributed by atoms with van der Waals surface area (Å²) in [7, 11) is 0. The van der Waals surface area contributed by atoms with Gasteiger partial charge in [0.1, 0.15) is 23.7 Å². The van der Waals surface area contributed by atoms with Gasteiger partial charge < -0.3 is 24.3 Å². The molecule has 1 N–H and O–H groups in total. The molecule has 1 aliphatic carbocycles. The highest BCUT2D eigenvalue weighted by Gasteiger charge is 2.29. The van der Waals surface area contributed by atoms with Crippen molar-refractivity contribution in [1.82, 2.24) is 10.3 Å². The highest BCUT2D eigenvalue weighted by Crippen LogP contribution is 2.37. The molecule has 1 amide bonds. The number of benzene rings is 2. The van der Waals surface area contributed by atoms with Crippen molar-refractivity contribution in [1.29, 1.82) is 0 Å². The first-order chi connectivity index (χ1) is 17.5. The number of hydrogen-bond acceptors (Lipinski definition) is 7. The molecular weight excluding hydrogens is 467 g/mol. The van der Waals surface area contributed by atoms with Gasteiger partial charge in [-0.05, 0) is 49.4 Å². The van der Waals surface area contributed by atoms with Gasteiger partial charge in [-0.3, -0.25) is 9.59 Å². The fraction of sp³-hybridized carbons (Fsp3) is 0.296. The molecule has 0 saturated heterocycles. The number of carbonyl (C=O) groups is 2. The van der Waals surface area contributed by atoms with Gasteiger partial charge in [-0.25, -0.2) is 9.37 Å². The van der Waals surface area contributed by atoms with E-state index in [1.807, 2.05) is 30.3 Å². The minimum Gasteiger partial charge on any atom is -0.461 e. The molecule has 1 aliphatic heterocycles. The van der Waals surface area contributed by atoms with E-state index in [2.05, 4.69) is 10.3 Å². The number of fused-ring (bicyclic) bond motifs is 1. The molecule has 2 heterocycles. The maximum absolute atomic E-state index is 14.0. The largest absolute Gasteiger partial charge is 0.461 e. The molecule has 1 fully saturated rings. The Balaban J connectivity index is 1.17. The Kier molecular flexibility index (Phi) is 6.97. The number of ether oxygens (including phenoxy) is 4. The number of nitrogens with zero attached hydrogens (tertiary/aromatic N) is 1. The molecular formula is C27H25FN2O6. The van der Waals surface area contributed by atoms with Crippen LogP contribution in [-0.2, 0) is 16.1 Å². The van der Waals surface area contributed by atoms with E-state index >= 15 is 0 Å². The number of nitrogens with one attached hydrogen (secondary N) is 1. The van der Waals surface area contributed by atoms with Gasteiger partial charge >= 0.3 is 5.97 Å². The van der Waals surface area contributed by atoms with Crippen molar-refractivity contribution in [3.8, 4) is 23.1 Å². The summed E-state index contributed by atoms with van der Waals surface area (Å²) in [4.78, 5) is 29.4. The quantitative estimate of drug-likeness (QED) is 0.475. The molecule has 1 saturated carbocycles. The van der Waals surface area contributed by atoms with Crippen molar-refractivity contribution in [3.05, 3.63) is 77.7 Å². The third-order valence-electron chi connectivity index (χ3n) is 6.24. The van der Waals surface area contributed by atoms with Crippen molar-refractivity contribution in [2.24, 2.45) is 5.92 Å². The van der Waals surface area contributed by atoms with E-state index in [-0.39, 0.29) is 42.8 Å². The summed E-state index contributed by atoms with van der Waals surface area (Å²) in [5.41, 5.74) is 0.923. The number of aromatic nitrogens is 1. The van der Waals surface area contributed by atoms with Crippen molar-refractivity contribution in [2.45, 2.75) is 38.3 Å². The van der Waals surface area contributed by atoms with Crippen LogP contribution < -0.4 is 19.5 Å². The van der Waals surface area contributed by atoms with Crippen LogP contribution in [0.1, 0.15) is 41.6 Å². The van der Waals surface area contributed by atoms with Crippen LogP contribution in [0.4, 0.5) is 4.39 Å². The zero-order valence-electron chi connectivity index (χ0n) is 19.4. The van der Waals surface area contributed by atoms with E-state index in [0.29, 0.717) is 42.9 Å². The SMILES string of the molecule is O=C(NC1CCC(C(=O)OCc2ccccc2)CC1)c1cc(F)cnc1Oc1ccc2c(c1)OCO2. The van der Waals surface area contributed by atoms with Crippen LogP contribution in [0.2, 0.25) is 0 Å². The van der Waals surface area contributed by atoms with Crippen LogP contribution in [0.25, 0.3) is 0 Å². The normalized spacial score (nSPS) is 18.4. The number of esters is 1. The monoisotopic (exact) mass is 492 g/mol. The van der Waals surface area contributed by atoms with Crippen LogP contribution in [0.5, 0.6) is 23.1 Å². The van der Waals surface area contributed by atoms with Crippen molar-refractivity contribution in [3.63, 3.8) is 0 Å². The lowest BCUT2D eigenvalue weighted by atomic mass is 9.86. The molecule has 3 aromatic rings. The van der Waals surface area contributed by atoms with Gasteiger partial charge in [-0.2, -0.15) is 0 Å². The average molecular weight is 493 g/mol. The van der Waals surface area contributed by atoms with E-state index in [0.717, 1.165) is 17.8 Å². The first-order valence-corrected chi connectivity index (χ1v) is 11.8. The van der Waals surface area contributed by atoms with Crippen molar-refractivity contribution in [2.75, 3.05) is 6.79 Å². The Morgan fingerprint density at radius 2 is 1.78 bits per heavy atom. The molecule has 0 unspecified atom stereocenters. The summed E-state index contributed by atoms with van der Waals surface area (Å²) in [6, 6.07) is 15.4. The molecule has 5 rings (SSSR count). The third kappa shape index (κ3) is 5.56. The Hall–Kier alpha value is -4.14. The lowest BCUT2D eigenvalue weighted by Crippen LogP contribution is -2.39. The van der Waals surface area contributed by atoms with E-state index < -0.39 is 11.7 Å². The molecule has 0 spiro atoms. The molecule has 2 aliphatic rings. The summed E-state index contributed by atoms with van der Waals surface area (Å²) < 4.78 is 35.8. The smallest absolute Gasteiger partial charge is 0.309 e. The van der Waals surface area contributed by atoms with Crippen molar-refractivity contribution < 1.29 is 32.9 Å². The predicted molar refractivity (Wildman–Crippen MR) is 126 cm³/mol. The fourth-order valence-electron chi connectivity index (χ4n) is 4.31. The summed E-state index contributed by atoms with van der Waals surface area (Å²) in [5.74, 6) is -0.115. The number of halogens is 1. The molecule has 1 aromatic heterocycles. The predicted octanol–water partition coefficient (Wildman–Crippen LogP) is 4.77. The van der Waals surface area contributed by atoms with Crippen LogP contribution >= 0.6 is 0 Å². The van der Waals surface area contributed by atoms with Gasteiger partial charge in [0.15, 0.2) is 11.5 Å². The highest BCUT2D eigenvalue weighted by atomic mass is 19.1. The second-order valence-corrected chi connectivity index (χ2v) is 8.74. The minimum atomic E-state index is -0.650. The maximum atomic E-state index is 14.0. The summed E-state index contributed by atoms with van der Waals surface area (Å²) in [6.07, 6.45) is 3.41. The Morgan fingerprint density at radius 3 is 2.58 bits per heavy atom. The topological polar surface area (TPSA) is 96.0 Å². The molecule has 9 heteroatoms. The Labute approximate surface area is 207 Å². The van der Waals surface area contributed by atoms with Crippen LogP contribution in [0, 0.1) is 11.7 Å². The average Bonchev–Trinajstić information content (AvgIpc) is 3.37. The number of rotatable bonds is 7. The minimum absolute atomic E-state index is 0.0166. The molecule has 36 heavy (non-hydrogen) atoms. The van der Waals surface area contributed by atoms with E-state index in [1.165, 1.54) is 0 Å². The lowest BCUT2D eigenvalue weighted by Gasteiger charge is -2.28. The van der Waals surface area contributed by atoms with Crippen LogP contribution in [0.15, 0.2) is 60.8 Å². The first kappa shape index (κ1) is 23.6. The van der Waals surface area contributed by atoms with Crippen LogP contribution in [0.3, 0.4) is 0 Å². The fourth-order valence-corrected chi connectivity index (χ4v) is 4.31. The van der Waals surface area contributed by atoms with Gasteiger partial charge in [0.2, 0.25) is 12.7 Å². The summed E-state index contributed by atoms with van der Waals surface area (Å²) in [6.45, 7) is 0.364. The van der Waals surface area contributed by atoms with E-state index in [1.54, 1.807) is 18.2 Å². The number of hydrogen-bond donors (Lipinski definition) is 1. The number of pyridine rings is 1. The molecule has 0 bridgehead atoms. The van der Waals surface area contributed by atoms with Gasteiger partial charge in [0, 0.05) is 12.1 Å². The second-order valence-electron chi connectivity index (χ2n) is 8.74. The highest BCUT2D eigenvalue weighted by molar-refractivity contribution is 5.96. The van der Waals surface area contributed by atoms with Gasteiger partial charge in [0.05, 0.1) is 12.1 Å². The van der Waals surface area contributed by atoms with E-state index in [4.69, 9.17) is 18.9 Å². The number of carbonyl (C=O) groups excluding carboxylic acids is 2. The maximum Gasteiger partial charge on any atom is 0.309 e. The molecule has 2 aromatic carbocycles. The van der Waals surface area contributed by atoms with E-state index in [9.17, 15) is 14.0 Å². The van der Waals surface area contributed by atoms with Crippen molar-refractivity contribution >= 4 is 11.9 Å². The summed E-state index contributed by atoms with van der Waals surface area (Å²) >= 11 is 0. The molecule has 0 radical (unpaired) electrons. The zero-order valence-corrected chi connectivity index (χ0v) is 19.4. The van der Waals surface area contributed by atoms with Gasteiger partial charge in [-0.1, -0.05) is 30.3 Å². The molecule has 0 atom stereocenters. The Morgan fingerprint density at radius 1 is 1.00 bits per heavy atom. The molecule has 8 nitrogen and oxygen atoms in total. The number of amides is 1. The zero-order chi connectivity index (χ0) is 24.9. The second kappa shape index (κ2) is 10.6. The lowest BCUT2D eigenvalue weighted by molar-refractivity contribution is -0.151. The molecule has 186 valence electrons. The first-order valence-electron chi connectivity index (χ1n) is 11.8. The Bertz CT molecular complexity index is 1240.